The van der Waals surface area contributed by atoms with Gasteiger partial charge in [0.1, 0.15) is 23.1 Å². The number of fused-ring (bicyclic) bond motifs is 2. The van der Waals surface area contributed by atoms with Crippen molar-refractivity contribution in [3.05, 3.63) is 106 Å². The van der Waals surface area contributed by atoms with Crippen LogP contribution in [-0.2, 0) is 0 Å². The number of methoxy groups -OCH3 is 1. The maximum absolute atomic E-state index is 13.7. The summed E-state index contributed by atoms with van der Waals surface area (Å²) < 4.78 is 34.4. The number of phenols is 1. The van der Waals surface area contributed by atoms with E-state index in [1.807, 2.05) is 18.2 Å². The highest BCUT2D eigenvalue weighted by Crippen LogP contribution is 2.27. The van der Waals surface area contributed by atoms with Gasteiger partial charge in [-0.3, -0.25) is 0 Å². The maximum atomic E-state index is 13.7. The van der Waals surface area contributed by atoms with Gasteiger partial charge in [0.25, 0.3) is 0 Å². The van der Waals surface area contributed by atoms with Gasteiger partial charge in [0.2, 0.25) is 0 Å². The summed E-state index contributed by atoms with van der Waals surface area (Å²) in [4.78, 5) is 8.80. The third-order valence-corrected chi connectivity index (χ3v) is 7.94. The van der Waals surface area contributed by atoms with Crippen LogP contribution in [0.1, 0.15) is 36.0 Å². The number of ether oxygens (including phenoxy) is 1. The first-order valence-corrected chi connectivity index (χ1v) is 14.5. The van der Waals surface area contributed by atoms with Crippen molar-refractivity contribution >= 4 is 54.5 Å². The number of aromatic hydroxyl groups is 1. The summed E-state index contributed by atoms with van der Waals surface area (Å²) in [5.74, 6) is 12.1. The van der Waals surface area contributed by atoms with E-state index in [4.69, 9.17) is 4.74 Å². The number of anilines is 2. The van der Waals surface area contributed by atoms with Crippen molar-refractivity contribution in [1.82, 2.24) is 9.97 Å². The van der Waals surface area contributed by atoms with Crippen LogP contribution in [0.15, 0.2) is 72.8 Å². The Morgan fingerprint density at radius 1 is 0.667 bits per heavy atom. The molecule has 0 spiro atoms. The van der Waals surface area contributed by atoms with Crippen molar-refractivity contribution in [3.8, 4) is 35.2 Å². The Morgan fingerprint density at radius 2 is 1.16 bits per heavy atom. The van der Waals surface area contributed by atoms with Crippen molar-refractivity contribution in [2.45, 2.75) is 14.9 Å². The Morgan fingerprint density at radius 3 is 1.62 bits per heavy atom. The molecule has 45 heavy (non-hydrogen) atoms. The Bertz CT molecular complexity index is 2070. The van der Waals surface area contributed by atoms with Crippen LogP contribution in [0.4, 0.5) is 20.2 Å². The SMILES string of the molecule is C.C.CNc1ccc(C#Cc2nc3ccc(O)cc3s2)cc1F.CNc1ccc(C#Cc2nc3ccc(OC)cc3s2)cc1F. The molecule has 0 radical (unpaired) electrons. The van der Waals surface area contributed by atoms with Crippen LogP contribution in [0.3, 0.4) is 0 Å². The predicted molar refractivity (Wildman–Crippen MR) is 185 cm³/mol. The predicted octanol–water partition coefficient (Wildman–Crippen LogP) is 8.74. The van der Waals surface area contributed by atoms with Gasteiger partial charge in [-0.1, -0.05) is 26.7 Å². The topological polar surface area (TPSA) is 79.3 Å². The van der Waals surface area contributed by atoms with Gasteiger partial charge in [-0.15, -0.1) is 22.7 Å². The molecule has 3 N–H and O–H groups in total. The van der Waals surface area contributed by atoms with Crippen LogP contribution in [0.5, 0.6) is 11.5 Å². The normalized spacial score (nSPS) is 9.71. The first-order valence-electron chi connectivity index (χ1n) is 12.9. The molecule has 0 bridgehead atoms. The minimum absolute atomic E-state index is 0. The number of aromatic nitrogens is 2. The van der Waals surface area contributed by atoms with Gasteiger partial charge in [0, 0.05) is 25.2 Å². The zero-order valence-corrected chi connectivity index (χ0v) is 24.9. The van der Waals surface area contributed by atoms with Crippen molar-refractivity contribution in [2.75, 3.05) is 31.8 Å². The van der Waals surface area contributed by atoms with E-state index in [-0.39, 0.29) is 32.2 Å². The van der Waals surface area contributed by atoms with Gasteiger partial charge in [0.15, 0.2) is 10.0 Å². The molecule has 0 aliphatic carbocycles. The molecule has 230 valence electrons. The van der Waals surface area contributed by atoms with Crippen LogP contribution in [0.25, 0.3) is 20.4 Å². The molecule has 0 aliphatic rings. The van der Waals surface area contributed by atoms with E-state index in [2.05, 4.69) is 44.3 Å². The number of halogens is 2. The number of rotatable bonds is 3. The quantitative estimate of drug-likeness (QED) is 0.168. The van der Waals surface area contributed by atoms with E-state index in [1.54, 1.807) is 63.7 Å². The lowest BCUT2D eigenvalue weighted by molar-refractivity contribution is 0.415. The molecule has 0 saturated carbocycles. The summed E-state index contributed by atoms with van der Waals surface area (Å²) in [5, 5.41) is 16.3. The van der Waals surface area contributed by atoms with E-state index in [1.165, 1.54) is 34.8 Å². The molecule has 0 amide bonds. The van der Waals surface area contributed by atoms with E-state index >= 15 is 0 Å². The van der Waals surface area contributed by atoms with E-state index in [0.717, 1.165) is 26.2 Å². The Labute approximate surface area is 269 Å². The van der Waals surface area contributed by atoms with Gasteiger partial charge in [-0.2, -0.15) is 0 Å². The van der Waals surface area contributed by atoms with Crippen LogP contribution >= 0.6 is 22.7 Å². The lowest BCUT2D eigenvalue weighted by Crippen LogP contribution is -1.92. The highest BCUT2D eigenvalue weighted by Gasteiger charge is 2.05. The zero-order chi connectivity index (χ0) is 30.3. The summed E-state index contributed by atoms with van der Waals surface area (Å²) in [5.41, 5.74) is 3.78. The molecule has 0 saturated heterocycles. The number of hydrogen-bond donors (Lipinski definition) is 3. The highest BCUT2D eigenvalue weighted by molar-refractivity contribution is 7.19. The van der Waals surface area contributed by atoms with Crippen LogP contribution in [0.2, 0.25) is 0 Å². The molecule has 0 unspecified atom stereocenters. The second kappa shape index (κ2) is 15.5. The molecule has 2 aromatic heterocycles. The fourth-order valence-electron chi connectivity index (χ4n) is 3.89. The van der Waals surface area contributed by atoms with Crippen LogP contribution < -0.4 is 15.4 Å². The number of hydrogen-bond acceptors (Lipinski definition) is 8. The fourth-order valence-corrected chi connectivity index (χ4v) is 5.59. The molecular weight excluding hydrogens is 611 g/mol. The molecule has 6 nitrogen and oxygen atoms in total. The number of benzene rings is 4. The number of thiazole rings is 2. The molecule has 6 aromatic rings. The third kappa shape index (κ3) is 8.48. The molecule has 6 rings (SSSR count). The lowest BCUT2D eigenvalue weighted by atomic mass is 10.2. The molecule has 10 heteroatoms. The monoisotopic (exact) mass is 642 g/mol. The average Bonchev–Trinajstić information content (AvgIpc) is 3.62. The minimum Gasteiger partial charge on any atom is -0.508 e. The largest absolute Gasteiger partial charge is 0.508 e. The molecule has 4 aromatic carbocycles. The van der Waals surface area contributed by atoms with Crippen LogP contribution in [-0.4, -0.2) is 36.3 Å². The Balaban J connectivity index is 0.000000235. The molecule has 2 heterocycles. The number of nitrogens with one attached hydrogen (secondary N) is 2. The Hall–Kier alpha value is -5.16. The van der Waals surface area contributed by atoms with Gasteiger partial charge >= 0.3 is 0 Å². The van der Waals surface area contributed by atoms with Crippen molar-refractivity contribution in [1.29, 1.82) is 0 Å². The fraction of sp³-hybridized carbons (Fsp3) is 0.143. The van der Waals surface area contributed by atoms with E-state index in [9.17, 15) is 13.9 Å². The third-order valence-electron chi connectivity index (χ3n) is 6.07. The van der Waals surface area contributed by atoms with Crippen LogP contribution in [0, 0.1) is 35.3 Å². The second-order valence-electron chi connectivity index (χ2n) is 8.91. The summed E-state index contributed by atoms with van der Waals surface area (Å²) in [6.45, 7) is 0. The average molecular weight is 643 g/mol. The zero-order valence-electron chi connectivity index (χ0n) is 23.3. The molecule has 0 aliphatic heterocycles. The highest BCUT2D eigenvalue weighted by atomic mass is 32.1. The standard InChI is InChI=1S/C17H13FN2OS.C16H11FN2OS.2CH4/c1-19-14-6-3-11(9-13(14)18)4-8-17-20-15-7-5-12(21-2)10-16(15)22-17;1-18-13-5-2-10(8-12(13)17)3-7-16-19-14-6-4-11(20)9-15(14)21-16;;/h3,5-7,9-10,19H,1-2H3;2,4-6,8-9,18,20H,1H3;2*1H4. The Kier molecular flexibility index (Phi) is 11.8. The van der Waals surface area contributed by atoms with Gasteiger partial charge in [-0.25, -0.2) is 18.7 Å². The minimum atomic E-state index is -0.335. The van der Waals surface area contributed by atoms with Crippen molar-refractivity contribution in [2.24, 2.45) is 0 Å². The lowest BCUT2D eigenvalue weighted by Gasteiger charge is -2.00. The van der Waals surface area contributed by atoms with E-state index in [0.29, 0.717) is 32.5 Å². The van der Waals surface area contributed by atoms with Crippen molar-refractivity contribution < 1.29 is 18.6 Å². The molecule has 0 fully saturated rings. The number of phenolic OH excluding ortho intramolecular Hbond substituents is 1. The summed E-state index contributed by atoms with van der Waals surface area (Å²) in [6.07, 6.45) is 0. The van der Waals surface area contributed by atoms with Gasteiger partial charge in [0.05, 0.1) is 38.9 Å². The maximum Gasteiger partial charge on any atom is 0.168 e. The summed E-state index contributed by atoms with van der Waals surface area (Å²) in [6, 6.07) is 20.3. The first-order chi connectivity index (χ1) is 20.8. The number of nitrogens with zero attached hydrogens (tertiary/aromatic N) is 2. The molecular formula is C35H32F2N4O2S2. The van der Waals surface area contributed by atoms with Crippen molar-refractivity contribution in [3.63, 3.8) is 0 Å². The van der Waals surface area contributed by atoms with Gasteiger partial charge in [-0.05, 0) is 84.6 Å². The van der Waals surface area contributed by atoms with Gasteiger partial charge < -0.3 is 20.5 Å². The first kappa shape index (κ1) is 34.3. The summed E-state index contributed by atoms with van der Waals surface area (Å²) >= 11 is 2.88. The smallest absolute Gasteiger partial charge is 0.168 e. The van der Waals surface area contributed by atoms with E-state index < -0.39 is 0 Å². The second-order valence-corrected chi connectivity index (χ2v) is 11.0. The summed E-state index contributed by atoms with van der Waals surface area (Å²) in [7, 11) is 4.98. The molecule has 0 atom stereocenters.